The van der Waals surface area contributed by atoms with E-state index in [0.29, 0.717) is 25.4 Å². The maximum atomic E-state index is 12.4. The van der Waals surface area contributed by atoms with E-state index in [1.807, 2.05) is 20.8 Å². The van der Waals surface area contributed by atoms with Gasteiger partial charge in [-0.1, -0.05) is 27.7 Å². The molecule has 1 saturated heterocycles. The summed E-state index contributed by atoms with van der Waals surface area (Å²) in [5.41, 5.74) is -0.209. The summed E-state index contributed by atoms with van der Waals surface area (Å²) in [6.45, 7) is 9.26. The summed E-state index contributed by atoms with van der Waals surface area (Å²) in [7, 11) is -3.44. The Morgan fingerprint density at radius 3 is 2.26 bits per heavy atom. The number of nitrogens with zero attached hydrogens (tertiary/aromatic N) is 1. The smallest absolute Gasteiger partial charge is 0.279 e. The van der Waals surface area contributed by atoms with Crippen LogP contribution in [-0.4, -0.2) is 43.6 Å². The molecule has 0 saturated carbocycles. The van der Waals surface area contributed by atoms with Crippen LogP contribution in [0.4, 0.5) is 0 Å². The van der Waals surface area contributed by atoms with Gasteiger partial charge in [-0.2, -0.15) is 17.4 Å². The second kappa shape index (κ2) is 6.52. The molecule has 0 aromatic rings. The first kappa shape index (κ1) is 16.9. The van der Waals surface area contributed by atoms with Crippen molar-refractivity contribution in [3.8, 4) is 0 Å². The van der Waals surface area contributed by atoms with Crippen LogP contribution in [0.5, 0.6) is 0 Å². The number of rotatable bonds is 5. The van der Waals surface area contributed by atoms with Gasteiger partial charge in [-0.15, -0.1) is 0 Å². The predicted molar refractivity (Wildman–Crippen MR) is 77.0 cm³/mol. The van der Waals surface area contributed by atoms with Crippen LogP contribution in [0.25, 0.3) is 0 Å². The fourth-order valence-corrected chi connectivity index (χ4v) is 3.95. The molecule has 114 valence electrons. The molecule has 6 heteroatoms. The van der Waals surface area contributed by atoms with Crippen molar-refractivity contribution in [1.29, 1.82) is 0 Å². The van der Waals surface area contributed by atoms with Gasteiger partial charge in [-0.3, -0.25) is 0 Å². The number of aliphatic hydroxyl groups is 1. The standard InChI is InChI=1S/C13H28N2O3S/c1-11-5-8-15(9-6-11)19(17,18)14-12(7-10-16)13(2,3)4/h11-12,14,16H,5-10H2,1-4H3. The molecule has 0 aromatic heterocycles. The molecule has 0 aliphatic carbocycles. The molecule has 1 rings (SSSR count). The highest BCUT2D eigenvalue weighted by Crippen LogP contribution is 2.24. The molecule has 2 N–H and O–H groups in total. The van der Waals surface area contributed by atoms with Crippen LogP contribution in [0, 0.1) is 11.3 Å². The second-order valence-electron chi connectivity index (χ2n) is 6.64. The molecule has 1 aliphatic rings. The van der Waals surface area contributed by atoms with E-state index < -0.39 is 10.2 Å². The fourth-order valence-electron chi connectivity index (χ4n) is 2.28. The molecule has 0 aromatic carbocycles. The van der Waals surface area contributed by atoms with Crippen molar-refractivity contribution < 1.29 is 13.5 Å². The van der Waals surface area contributed by atoms with Crippen LogP contribution in [-0.2, 0) is 10.2 Å². The first-order chi connectivity index (χ1) is 8.66. The summed E-state index contributed by atoms with van der Waals surface area (Å²) in [6.07, 6.45) is 2.27. The molecule has 1 atom stereocenters. The highest BCUT2D eigenvalue weighted by molar-refractivity contribution is 7.87. The maximum absolute atomic E-state index is 12.4. The van der Waals surface area contributed by atoms with E-state index in [2.05, 4.69) is 11.6 Å². The average Bonchev–Trinajstić information content (AvgIpc) is 2.27. The van der Waals surface area contributed by atoms with E-state index in [4.69, 9.17) is 5.11 Å². The molecule has 0 bridgehead atoms. The van der Waals surface area contributed by atoms with Crippen molar-refractivity contribution in [2.75, 3.05) is 19.7 Å². The first-order valence-corrected chi connectivity index (χ1v) is 8.49. The molecule has 5 nitrogen and oxygen atoms in total. The van der Waals surface area contributed by atoms with Crippen LogP contribution in [0.1, 0.15) is 47.0 Å². The van der Waals surface area contributed by atoms with Gasteiger partial charge in [0.25, 0.3) is 10.2 Å². The van der Waals surface area contributed by atoms with Gasteiger partial charge < -0.3 is 5.11 Å². The minimum absolute atomic E-state index is 0.0124. The monoisotopic (exact) mass is 292 g/mol. The summed E-state index contributed by atoms with van der Waals surface area (Å²) in [6, 6.07) is -0.248. The minimum Gasteiger partial charge on any atom is -0.396 e. The zero-order chi connectivity index (χ0) is 14.7. The largest absolute Gasteiger partial charge is 0.396 e. The minimum atomic E-state index is -3.44. The Balaban J connectivity index is 2.71. The van der Waals surface area contributed by atoms with Crippen LogP contribution in [0.15, 0.2) is 0 Å². The summed E-state index contributed by atoms with van der Waals surface area (Å²) in [5.74, 6) is 0.599. The van der Waals surface area contributed by atoms with E-state index >= 15 is 0 Å². The summed E-state index contributed by atoms with van der Waals surface area (Å²) in [5, 5.41) is 9.09. The van der Waals surface area contributed by atoms with Crippen molar-refractivity contribution in [2.45, 2.75) is 53.0 Å². The van der Waals surface area contributed by atoms with Crippen LogP contribution in [0.2, 0.25) is 0 Å². The molecule has 1 heterocycles. The van der Waals surface area contributed by atoms with Crippen molar-refractivity contribution in [3.63, 3.8) is 0 Å². The molecule has 1 aliphatic heterocycles. The third-order valence-corrected chi connectivity index (χ3v) is 5.46. The highest BCUT2D eigenvalue weighted by Gasteiger charge is 2.32. The van der Waals surface area contributed by atoms with E-state index in [9.17, 15) is 8.42 Å². The zero-order valence-electron chi connectivity index (χ0n) is 12.5. The Morgan fingerprint density at radius 2 is 1.84 bits per heavy atom. The number of aliphatic hydroxyl groups excluding tert-OH is 1. The third kappa shape index (κ3) is 5.02. The van der Waals surface area contributed by atoms with Crippen molar-refractivity contribution in [1.82, 2.24) is 9.03 Å². The van der Waals surface area contributed by atoms with Gasteiger partial charge in [0.1, 0.15) is 0 Å². The molecule has 0 amide bonds. The normalized spacial score (nSPS) is 21.5. The predicted octanol–water partition coefficient (Wildman–Crippen LogP) is 1.35. The number of hydrogen-bond acceptors (Lipinski definition) is 3. The molecule has 1 unspecified atom stereocenters. The van der Waals surface area contributed by atoms with Crippen LogP contribution >= 0.6 is 0 Å². The van der Waals surface area contributed by atoms with Gasteiger partial charge in [-0.25, -0.2) is 0 Å². The quantitative estimate of drug-likeness (QED) is 0.803. The van der Waals surface area contributed by atoms with E-state index in [1.54, 1.807) is 0 Å². The molecule has 0 spiro atoms. The lowest BCUT2D eigenvalue weighted by Crippen LogP contribution is -2.51. The molecule has 0 radical (unpaired) electrons. The Kier molecular flexibility index (Phi) is 5.79. The molecular weight excluding hydrogens is 264 g/mol. The van der Waals surface area contributed by atoms with Crippen molar-refractivity contribution >= 4 is 10.2 Å². The molecular formula is C13H28N2O3S. The van der Waals surface area contributed by atoms with E-state index in [0.717, 1.165) is 12.8 Å². The molecule has 1 fully saturated rings. The first-order valence-electron chi connectivity index (χ1n) is 7.05. The lowest BCUT2D eigenvalue weighted by molar-refractivity contribution is 0.209. The number of piperidine rings is 1. The third-order valence-electron chi connectivity index (χ3n) is 3.84. The van der Waals surface area contributed by atoms with Gasteiger partial charge in [-0.05, 0) is 30.6 Å². The number of nitrogens with one attached hydrogen (secondary N) is 1. The Bertz CT molecular complexity index is 368. The molecule has 19 heavy (non-hydrogen) atoms. The lowest BCUT2D eigenvalue weighted by atomic mass is 9.86. The van der Waals surface area contributed by atoms with E-state index in [1.165, 1.54) is 4.31 Å². The Labute approximate surface area is 117 Å². The van der Waals surface area contributed by atoms with Crippen molar-refractivity contribution in [2.24, 2.45) is 11.3 Å². The lowest BCUT2D eigenvalue weighted by Gasteiger charge is -2.35. The second-order valence-corrected chi connectivity index (χ2v) is 8.34. The van der Waals surface area contributed by atoms with Gasteiger partial charge in [0.05, 0.1) is 0 Å². The van der Waals surface area contributed by atoms with Crippen molar-refractivity contribution in [3.05, 3.63) is 0 Å². The maximum Gasteiger partial charge on any atom is 0.279 e. The number of hydrogen-bond donors (Lipinski definition) is 2. The van der Waals surface area contributed by atoms with E-state index in [-0.39, 0.29) is 18.1 Å². The van der Waals surface area contributed by atoms with Gasteiger partial charge in [0, 0.05) is 25.7 Å². The summed E-state index contributed by atoms with van der Waals surface area (Å²) in [4.78, 5) is 0. The van der Waals surface area contributed by atoms with Gasteiger partial charge >= 0.3 is 0 Å². The average molecular weight is 292 g/mol. The topological polar surface area (TPSA) is 69.6 Å². The highest BCUT2D eigenvalue weighted by atomic mass is 32.2. The van der Waals surface area contributed by atoms with Crippen LogP contribution in [0.3, 0.4) is 0 Å². The Hall–Kier alpha value is -0.170. The Morgan fingerprint density at radius 1 is 1.32 bits per heavy atom. The zero-order valence-corrected chi connectivity index (χ0v) is 13.3. The van der Waals surface area contributed by atoms with Gasteiger partial charge in [0.2, 0.25) is 0 Å². The summed E-state index contributed by atoms with van der Waals surface area (Å²) >= 11 is 0. The fraction of sp³-hybridized carbons (Fsp3) is 1.00. The van der Waals surface area contributed by atoms with Crippen LogP contribution < -0.4 is 4.72 Å². The SMILES string of the molecule is CC1CCN(S(=O)(=O)NC(CCO)C(C)(C)C)CC1. The summed E-state index contributed by atoms with van der Waals surface area (Å²) < 4.78 is 29.0. The van der Waals surface area contributed by atoms with Gasteiger partial charge in [0.15, 0.2) is 0 Å².